The summed E-state index contributed by atoms with van der Waals surface area (Å²) in [4.78, 5) is 12.1. The fourth-order valence-corrected chi connectivity index (χ4v) is 1.90. The van der Waals surface area contributed by atoms with Gasteiger partial charge in [0.2, 0.25) is 0 Å². The highest BCUT2D eigenvalue weighted by molar-refractivity contribution is 5.95. The number of aliphatic hydroxyl groups excluding tert-OH is 1. The van der Waals surface area contributed by atoms with Gasteiger partial charge >= 0.3 is 0 Å². The molecular weight excluding hydrogens is 254 g/mol. The third-order valence-corrected chi connectivity index (χ3v) is 2.97. The SMILES string of the molecule is Cc1cc(C(=O)NCc2cccc(CO)c2)c(C)nn1. The van der Waals surface area contributed by atoms with Crippen molar-refractivity contribution in [1.29, 1.82) is 0 Å². The number of amides is 1. The van der Waals surface area contributed by atoms with Crippen LogP contribution in [0.1, 0.15) is 32.9 Å². The minimum atomic E-state index is -0.171. The zero-order valence-corrected chi connectivity index (χ0v) is 11.6. The number of nitrogens with one attached hydrogen (secondary N) is 1. The Kier molecular flexibility index (Phi) is 4.42. The van der Waals surface area contributed by atoms with Crippen molar-refractivity contribution < 1.29 is 9.90 Å². The highest BCUT2D eigenvalue weighted by atomic mass is 16.3. The summed E-state index contributed by atoms with van der Waals surface area (Å²) >= 11 is 0. The Balaban J connectivity index is 2.06. The molecule has 0 saturated carbocycles. The normalized spacial score (nSPS) is 10.3. The molecule has 0 saturated heterocycles. The summed E-state index contributed by atoms with van der Waals surface area (Å²) in [5.41, 5.74) is 3.63. The summed E-state index contributed by atoms with van der Waals surface area (Å²) in [7, 11) is 0. The van der Waals surface area contributed by atoms with Crippen LogP contribution in [0.3, 0.4) is 0 Å². The molecule has 20 heavy (non-hydrogen) atoms. The maximum absolute atomic E-state index is 12.1. The predicted molar refractivity (Wildman–Crippen MR) is 75.0 cm³/mol. The molecule has 2 aromatic rings. The summed E-state index contributed by atoms with van der Waals surface area (Å²) in [6.45, 7) is 3.96. The molecule has 0 aliphatic heterocycles. The number of hydrogen-bond acceptors (Lipinski definition) is 4. The van der Waals surface area contributed by atoms with Crippen LogP contribution in [0.25, 0.3) is 0 Å². The molecule has 1 aromatic carbocycles. The third-order valence-electron chi connectivity index (χ3n) is 2.97. The van der Waals surface area contributed by atoms with Crippen molar-refractivity contribution in [2.45, 2.75) is 27.0 Å². The minimum Gasteiger partial charge on any atom is -0.392 e. The van der Waals surface area contributed by atoms with E-state index in [0.29, 0.717) is 23.5 Å². The Hall–Kier alpha value is -2.27. The summed E-state index contributed by atoms with van der Waals surface area (Å²) < 4.78 is 0. The van der Waals surface area contributed by atoms with Crippen molar-refractivity contribution in [3.63, 3.8) is 0 Å². The van der Waals surface area contributed by atoms with E-state index in [9.17, 15) is 4.79 Å². The van der Waals surface area contributed by atoms with Crippen LogP contribution in [-0.4, -0.2) is 21.2 Å². The molecule has 5 nitrogen and oxygen atoms in total. The Labute approximate surface area is 117 Å². The largest absolute Gasteiger partial charge is 0.392 e. The number of benzene rings is 1. The van der Waals surface area contributed by atoms with Gasteiger partial charge in [0.05, 0.1) is 23.6 Å². The molecule has 0 bridgehead atoms. The average Bonchev–Trinajstić information content (AvgIpc) is 2.47. The number of rotatable bonds is 4. The van der Waals surface area contributed by atoms with Gasteiger partial charge in [-0.1, -0.05) is 24.3 Å². The fourth-order valence-electron chi connectivity index (χ4n) is 1.90. The Morgan fingerprint density at radius 2 is 1.95 bits per heavy atom. The van der Waals surface area contributed by atoms with E-state index in [4.69, 9.17) is 5.11 Å². The molecule has 0 unspecified atom stereocenters. The van der Waals surface area contributed by atoms with Gasteiger partial charge in [0.25, 0.3) is 5.91 Å². The van der Waals surface area contributed by atoms with Gasteiger partial charge in [-0.05, 0) is 31.0 Å². The van der Waals surface area contributed by atoms with Crippen LogP contribution in [-0.2, 0) is 13.2 Å². The lowest BCUT2D eigenvalue weighted by Crippen LogP contribution is -2.24. The van der Waals surface area contributed by atoms with Crippen molar-refractivity contribution in [3.05, 3.63) is 58.4 Å². The standard InChI is InChI=1S/C15H17N3O2/c1-10-6-14(11(2)18-17-10)15(20)16-8-12-4-3-5-13(7-12)9-19/h3-7,19H,8-9H2,1-2H3,(H,16,20). The Bertz CT molecular complexity index is 626. The van der Waals surface area contributed by atoms with Crippen molar-refractivity contribution in [2.75, 3.05) is 0 Å². The van der Waals surface area contributed by atoms with Crippen LogP contribution in [0.5, 0.6) is 0 Å². The Morgan fingerprint density at radius 3 is 2.70 bits per heavy atom. The second-order valence-corrected chi connectivity index (χ2v) is 4.65. The van der Waals surface area contributed by atoms with Crippen LogP contribution in [0.4, 0.5) is 0 Å². The first-order chi connectivity index (χ1) is 9.60. The predicted octanol–water partition coefficient (Wildman–Crippen LogP) is 1.52. The topological polar surface area (TPSA) is 75.1 Å². The number of aromatic nitrogens is 2. The van der Waals surface area contributed by atoms with Crippen molar-refractivity contribution in [3.8, 4) is 0 Å². The maximum atomic E-state index is 12.1. The first-order valence-electron chi connectivity index (χ1n) is 6.38. The van der Waals surface area contributed by atoms with Gasteiger partial charge in [-0.3, -0.25) is 4.79 Å². The lowest BCUT2D eigenvalue weighted by atomic mass is 10.1. The van der Waals surface area contributed by atoms with E-state index < -0.39 is 0 Å². The number of carbonyl (C=O) groups excluding carboxylic acids is 1. The average molecular weight is 271 g/mol. The van der Waals surface area contributed by atoms with Crippen molar-refractivity contribution >= 4 is 5.91 Å². The Morgan fingerprint density at radius 1 is 1.20 bits per heavy atom. The molecule has 0 atom stereocenters. The van der Waals surface area contributed by atoms with E-state index in [0.717, 1.165) is 11.1 Å². The number of hydrogen-bond donors (Lipinski definition) is 2. The summed E-state index contributed by atoms with van der Waals surface area (Å²) in [5.74, 6) is -0.171. The first kappa shape index (κ1) is 14.1. The van der Waals surface area contributed by atoms with E-state index in [-0.39, 0.29) is 12.5 Å². The number of aliphatic hydroxyl groups is 1. The second-order valence-electron chi connectivity index (χ2n) is 4.65. The van der Waals surface area contributed by atoms with E-state index in [1.54, 1.807) is 19.9 Å². The van der Waals surface area contributed by atoms with E-state index in [1.165, 1.54) is 0 Å². The highest BCUT2D eigenvalue weighted by Crippen LogP contribution is 2.08. The monoisotopic (exact) mass is 271 g/mol. The minimum absolute atomic E-state index is 0.00559. The summed E-state index contributed by atoms with van der Waals surface area (Å²) in [6, 6.07) is 9.19. The van der Waals surface area contributed by atoms with E-state index in [1.807, 2.05) is 24.3 Å². The first-order valence-corrected chi connectivity index (χ1v) is 6.38. The maximum Gasteiger partial charge on any atom is 0.253 e. The molecule has 1 aromatic heterocycles. The molecule has 2 rings (SSSR count). The van der Waals surface area contributed by atoms with Crippen LogP contribution < -0.4 is 5.32 Å². The fraction of sp³-hybridized carbons (Fsp3) is 0.267. The van der Waals surface area contributed by atoms with Gasteiger partial charge in [-0.15, -0.1) is 0 Å². The lowest BCUT2D eigenvalue weighted by Gasteiger charge is -2.08. The number of nitrogens with zero attached hydrogens (tertiary/aromatic N) is 2. The molecular formula is C15H17N3O2. The van der Waals surface area contributed by atoms with Gasteiger partial charge < -0.3 is 10.4 Å². The highest BCUT2D eigenvalue weighted by Gasteiger charge is 2.10. The van der Waals surface area contributed by atoms with Crippen molar-refractivity contribution in [1.82, 2.24) is 15.5 Å². The van der Waals surface area contributed by atoms with E-state index in [2.05, 4.69) is 15.5 Å². The van der Waals surface area contributed by atoms with E-state index >= 15 is 0 Å². The second kappa shape index (κ2) is 6.25. The molecule has 104 valence electrons. The van der Waals surface area contributed by atoms with Gasteiger partial charge in [-0.2, -0.15) is 10.2 Å². The van der Waals surface area contributed by atoms with Crippen LogP contribution in [0, 0.1) is 13.8 Å². The van der Waals surface area contributed by atoms with Gasteiger partial charge in [-0.25, -0.2) is 0 Å². The van der Waals surface area contributed by atoms with Crippen LogP contribution in [0.15, 0.2) is 30.3 Å². The zero-order valence-electron chi connectivity index (χ0n) is 11.6. The lowest BCUT2D eigenvalue weighted by molar-refractivity contribution is 0.0949. The number of carbonyl (C=O) groups is 1. The molecule has 0 spiro atoms. The molecule has 0 radical (unpaired) electrons. The molecule has 0 fully saturated rings. The molecule has 5 heteroatoms. The molecule has 2 N–H and O–H groups in total. The van der Waals surface area contributed by atoms with Gasteiger partial charge in [0.15, 0.2) is 0 Å². The molecule has 1 heterocycles. The summed E-state index contributed by atoms with van der Waals surface area (Å²) in [5, 5.41) is 19.8. The quantitative estimate of drug-likeness (QED) is 0.884. The van der Waals surface area contributed by atoms with Crippen LogP contribution in [0.2, 0.25) is 0 Å². The third kappa shape index (κ3) is 3.39. The number of aryl methyl sites for hydroxylation is 2. The zero-order chi connectivity index (χ0) is 14.5. The molecule has 0 aliphatic rings. The summed E-state index contributed by atoms with van der Waals surface area (Å²) in [6.07, 6.45) is 0. The van der Waals surface area contributed by atoms with Gasteiger partial charge in [0, 0.05) is 6.54 Å². The molecule has 0 aliphatic carbocycles. The smallest absolute Gasteiger partial charge is 0.253 e. The van der Waals surface area contributed by atoms with Crippen molar-refractivity contribution in [2.24, 2.45) is 0 Å². The van der Waals surface area contributed by atoms with Gasteiger partial charge in [0.1, 0.15) is 0 Å². The van der Waals surface area contributed by atoms with Crippen LogP contribution >= 0.6 is 0 Å². The molecule has 1 amide bonds.